The monoisotopic (exact) mass is 364 g/mol. The molecule has 0 N–H and O–H groups in total. The van der Waals surface area contributed by atoms with E-state index in [1.807, 2.05) is 18.2 Å². The van der Waals surface area contributed by atoms with Gasteiger partial charge in [0, 0.05) is 8.95 Å². The molecular weight excluding hydrogens is 347 g/mol. The van der Waals surface area contributed by atoms with Gasteiger partial charge in [0.15, 0.2) is 0 Å². The van der Waals surface area contributed by atoms with Crippen LogP contribution in [0, 0.1) is 0 Å². The first-order valence-electron chi connectivity index (χ1n) is 6.26. The van der Waals surface area contributed by atoms with Crippen molar-refractivity contribution in [2.24, 2.45) is 0 Å². The first-order valence-corrected chi connectivity index (χ1v) is 7.88. The zero-order valence-corrected chi connectivity index (χ0v) is 12.8. The molecule has 0 aromatic heterocycles. The van der Waals surface area contributed by atoms with Crippen LogP contribution in [0.15, 0.2) is 24.3 Å². The fraction of sp³-hybridized carbons (Fsp3) is 0.571. The highest BCUT2D eigenvalue weighted by Gasteiger charge is 2.21. The van der Waals surface area contributed by atoms with Crippen LogP contribution in [0.5, 0.6) is 0 Å². The third kappa shape index (κ3) is 4.42. The summed E-state index contributed by atoms with van der Waals surface area (Å²) in [6.45, 7) is 0.685. The SMILES string of the molecule is Clc1cccc(COC2CCCCCC2I)c1. The molecule has 0 spiro atoms. The van der Waals surface area contributed by atoms with Gasteiger partial charge in [0.05, 0.1) is 12.7 Å². The lowest BCUT2D eigenvalue weighted by Gasteiger charge is -2.20. The average Bonchev–Trinajstić information content (AvgIpc) is 2.52. The normalized spacial score (nSPS) is 25.5. The van der Waals surface area contributed by atoms with E-state index in [-0.39, 0.29) is 0 Å². The van der Waals surface area contributed by atoms with E-state index in [0.29, 0.717) is 16.6 Å². The minimum absolute atomic E-state index is 0.414. The van der Waals surface area contributed by atoms with Crippen LogP contribution in [0.3, 0.4) is 0 Å². The molecule has 1 nitrogen and oxygen atoms in total. The Labute approximate surface area is 122 Å². The summed E-state index contributed by atoms with van der Waals surface area (Å²) in [7, 11) is 0. The Bertz CT molecular complexity index is 356. The molecular formula is C14H18ClIO. The van der Waals surface area contributed by atoms with Crippen molar-refractivity contribution in [3.63, 3.8) is 0 Å². The van der Waals surface area contributed by atoms with Crippen molar-refractivity contribution in [1.82, 2.24) is 0 Å². The van der Waals surface area contributed by atoms with E-state index >= 15 is 0 Å². The number of ether oxygens (including phenoxy) is 1. The lowest BCUT2D eigenvalue weighted by atomic mass is 10.1. The van der Waals surface area contributed by atoms with Crippen molar-refractivity contribution in [1.29, 1.82) is 0 Å². The molecule has 0 heterocycles. The second kappa shape index (κ2) is 6.95. The molecule has 3 heteroatoms. The molecule has 1 aromatic rings. The second-order valence-corrected chi connectivity index (χ2v) is 6.67. The van der Waals surface area contributed by atoms with E-state index in [4.69, 9.17) is 16.3 Å². The standard InChI is InChI=1S/C14H18ClIO/c15-12-6-4-5-11(9-12)10-17-14-8-3-1-2-7-13(14)16/h4-6,9,13-14H,1-3,7-8,10H2. The Balaban J connectivity index is 1.88. The molecule has 0 saturated heterocycles. The Morgan fingerprint density at radius 1 is 1.24 bits per heavy atom. The van der Waals surface area contributed by atoms with Gasteiger partial charge >= 0.3 is 0 Å². The molecule has 2 rings (SSSR count). The van der Waals surface area contributed by atoms with Crippen molar-refractivity contribution in [3.8, 4) is 0 Å². The van der Waals surface area contributed by atoms with Crippen LogP contribution in [0.2, 0.25) is 5.02 Å². The summed E-state index contributed by atoms with van der Waals surface area (Å²) in [4.78, 5) is 0. The molecule has 94 valence electrons. The van der Waals surface area contributed by atoms with Crippen molar-refractivity contribution in [2.75, 3.05) is 0 Å². The summed E-state index contributed by atoms with van der Waals surface area (Å²) in [5, 5.41) is 0.790. The summed E-state index contributed by atoms with van der Waals surface area (Å²) in [6.07, 6.45) is 6.92. The van der Waals surface area contributed by atoms with Crippen LogP contribution >= 0.6 is 34.2 Å². The first kappa shape index (κ1) is 13.6. The molecule has 2 atom stereocenters. The summed E-state index contributed by atoms with van der Waals surface area (Å²) in [5.41, 5.74) is 1.17. The van der Waals surface area contributed by atoms with Gasteiger partial charge in [0.2, 0.25) is 0 Å². The van der Waals surface area contributed by atoms with E-state index in [2.05, 4.69) is 28.7 Å². The maximum Gasteiger partial charge on any atom is 0.0721 e. The topological polar surface area (TPSA) is 9.23 Å². The molecule has 17 heavy (non-hydrogen) atoms. The van der Waals surface area contributed by atoms with E-state index in [1.54, 1.807) is 0 Å². The Kier molecular flexibility index (Phi) is 5.57. The van der Waals surface area contributed by atoms with Gasteiger partial charge in [-0.2, -0.15) is 0 Å². The molecule has 2 unspecified atom stereocenters. The number of halogens is 2. The van der Waals surface area contributed by atoms with Crippen molar-refractivity contribution in [2.45, 2.75) is 48.7 Å². The highest BCUT2D eigenvalue weighted by Crippen LogP contribution is 2.27. The lowest BCUT2D eigenvalue weighted by molar-refractivity contribution is 0.0377. The number of alkyl halides is 1. The quantitative estimate of drug-likeness (QED) is 0.417. The van der Waals surface area contributed by atoms with Crippen molar-refractivity contribution < 1.29 is 4.74 Å². The van der Waals surface area contributed by atoms with E-state index in [1.165, 1.54) is 37.7 Å². The Hall–Kier alpha value is 0.200. The fourth-order valence-electron chi connectivity index (χ4n) is 2.25. The maximum absolute atomic E-state index is 6.05. The van der Waals surface area contributed by atoms with Crippen molar-refractivity contribution >= 4 is 34.2 Å². The fourth-order valence-corrected chi connectivity index (χ4v) is 3.47. The third-order valence-electron chi connectivity index (χ3n) is 3.23. The molecule has 0 aliphatic heterocycles. The number of hydrogen-bond acceptors (Lipinski definition) is 1. The minimum Gasteiger partial charge on any atom is -0.372 e. The molecule has 0 radical (unpaired) electrons. The highest BCUT2D eigenvalue weighted by atomic mass is 127. The maximum atomic E-state index is 6.05. The Morgan fingerprint density at radius 3 is 2.88 bits per heavy atom. The van der Waals surface area contributed by atoms with Gasteiger partial charge in [0.25, 0.3) is 0 Å². The summed E-state index contributed by atoms with van der Waals surface area (Å²) in [6, 6.07) is 7.94. The molecule has 0 bridgehead atoms. The Morgan fingerprint density at radius 2 is 2.06 bits per heavy atom. The summed E-state index contributed by atoms with van der Waals surface area (Å²) >= 11 is 8.51. The second-order valence-electron chi connectivity index (χ2n) is 4.63. The predicted octanol–water partition coefficient (Wildman–Crippen LogP) is 4.99. The number of rotatable bonds is 3. The minimum atomic E-state index is 0.414. The molecule has 1 saturated carbocycles. The van der Waals surface area contributed by atoms with Crippen LogP contribution in [-0.2, 0) is 11.3 Å². The van der Waals surface area contributed by atoms with Gasteiger partial charge in [-0.05, 0) is 30.5 Å². The number of benzene rings is 1. The van der Waals surface area contributed by atoms with Crippen LogP contribution in [-0.4, -0.2) is 10.0 Å². The summed E-state index contributed by atoms with van der Waals surface area (Å²) < 4.78 is 6.71. The van der Waals surface area contributed by atoms with Gasteiger partial charge in [-0.1, -0.05) is 65.6 Å². The van der Waals surface area contributed by atoms with E-state index in [0.717, 1.165) is 5.02 Å². The molecule has 1 aliphatic rings. The van der Waals surface area contributed by atoms with Crippen LogP contribution < -0.4 is 0 Å². The van der Waals surface area contributed by atoms with Crippen LogP contribution in [0.1, 0.15) is 37.7 Å². The molecule has 0 amide bonds. The summed E-state index contributed by atoms with van der Waals surface area (Å²) in [5.74, 6) is 0. The van der Waals surface area contributed by atoms with E-state index < -0.39 is 0 Å². The van der Waals surface area contributed by atoms with Crippen LogP contribution in [0.25, 0.3) is 0 Å². The average molecular weight is 365 g/mol. The third-order valence-corrected chi connectivity index (χ3v) is 4.89. The van der Waals surface area contributed by atoms with Gasteiger partial charge < -0.3 is 4.74 Å². The zero-order chi connectivity index (χ0) is 12.1. The largest absolute Gasteiger partial charge is 0.372 e. The van der Waals surface area contributed by atoms with Crippen molar-refractivity contribution in [3.05, 3.63) is 34.9 Å². The zero-order valence-electron chi connectivity index (χ0n) is 9.87. The van der Waals surface area contributed by atoms with Gasteiger partial charge in [-0.3, -0.25) is 0 Å². The first-order chi connectivity index (χ1) is 8.25. The molecule has 1 fully saturated rings. The number of hydrogen-bond donors (Lipinski definition) is 0. The van der Waals surface area contributed by atoms with Gasteiger partial charge in [0.1, 0.15) is 0 Å². The molecule has 1 aliphatic carbocycles. The van der Waals surface area contributed by atoms with Gasteiger partial charge in [-0.25, -0.2) is 0 Å². The lowest BCUT2D eigenvalue weighted by Crippen LogP contribution is -2.22. The van der Waals surface area contributed by atoms with Gasteiger partial charge in [-0.15, -0.1) is 0 Å². The molecule has 1 aromatic carbocycles. The van der Waals surface area contributed by atoms with E-state index in [9.17, 15) is 0 Å². The highest BCUT2D eigenvalue weighted by molar-refractivity contribution is 14.1. The smallest absolute Gasteiger partial charge is 0.0721 e. The van der Waals surface area contributed by atoms with Crippen LogP contribution in [0.4, 0.5) is 0 Å². The predicted molar refractivity (Wildman–Crippen MR) is 80.9 cm³/mol.